The van der Waals surface area contributed by atoms with Gasteiger partial charge in [-0.05, 0) is 49.7 Å². The van der Waals surface area contributed by atoms with Crippen LogP contribution >= 0.6 is 12.4 Å². The fourth-order valence-electron chi connectivity index (χ4n) is 2.58. The molecule has 0 saturated carbocycles. The first-order valence-electron chi connectivity index (χ1n) is 6.85. The molecule has 20 heavy (non-hydrogen) atoms. The smallest absolute Gasteiger partial charge is 0.123 e. The van der Waals surface area contributed by atoms with Crippen LogP contribution in [0, 0.1) is 11.2 Å². The van der Waals surface area contributed by atoms with Crippen molar-refractivity contribution in [2.75, 3.05) is 39.8 Å². The van der Waals surface area contributed by atoms with E-state index in [-0.39, 0.29) is 18.2 Å². The third-order valence-corrected chi connectivity index (χ3v) is 3.66. The topological polar surface area (TPSA) is 24.5 Å². The van der Waals surface area contributed by atoms with E-state index in [0.717, 1.165) is 31.9 Å². The van der Waals surface area contributed by atoms with Gasteiger partial charge in [0.1, 0.15) is 18.2 Å². The molecule has 1 fully saturated rings. The summed E-state index contributed by atoms with van der Waals surface area (Å²) in [6.07, 6.45) is 1.23. The standard InChI is InChI=1S/C15H23FN2O.ClH/c1-15(7-8-17-11-15)12-18(2)9-10-19-14-5-3-13(16)4-6-14;/h3-6,17H,7-12H2,1-2H3;1H. The number of ether oxygens (including phenoxy) is 1. The molecule has 1 aliphatic rings. The lowest BCUT2D eigenvalue weighted by Gasteiger charge is -2.29. The fraction of sp³-hybridized carbons (Fsp3) is 0.600. The molecular weight excluding hydrogens is 279 g/mol. The van der Waals surface area contributed by atoms with Crippen molar-refractivity contribution < 1.29 is 9.13 Å². The second-order valence-electron chi connectivity index (χ2n) is 5.78. The van der Waals surface area contributed by atoms with E-state index in [0.29, 0.717) is 12.0 Å². The van der Waals surface area contributed by atoms with Gasteiger partial charge in [0.05, 0.1) is 0 Å². The highest BCUT2D eigenvalue weighted by Crippen LogP contribution is 2.25. The van der Waals surface area contributed by atoms with Gasteiger partial charge in [-0.3, -0.25) is 0 Å². The minimum Gasteiger partial charge on any atom is -0.492 e. The molecule has 0 aromatic heterocycles. The molecule has 1 saturated heterocycles. The molecule has 3 nitrogen and oxygen atoms in total. The highest BCUT2D eigenvalue weighted by atomic mass is 35.5. The summed E-state index contributed by atoms with van der Waals surface area (Å²) in [6, 6.07) is 6.17. The van der Waals surface area contributed by atoms with E-state index in [1.54, 1.807) is 12.1 Å². The molecule has 1 heterocycles. The molecule has 1 aliphatic heterocycles. The molecule has 0 bridgehead atoms. The first-order chi connectivity index (χ1) is 9.07. The van der Waals surface area contributed by atoms with Crippen LogP contribution in [0.15, 0.2) is 24.3 Å². The largest absolute Gasteiger partial charge is 0.492 e. The van der Waals surface area contributed by atoms with Crippen LogP contribution < -0.4 is 10.1 Å². The molecule has 0 aliphatic carbocycles. The van der Waals surface area contributed by atoms with Crippen molar-refractivity contribution in [1.29, 1.82) is 0 Å². The van der Waals surface area contributed by atoms with Crippen molar-refractivity contribution in [3.8, 4) is 5.75 Å². The van der Waals surface area contributed by atoms with E-state index >= 15 is 0 Å². The van der Waals surface area contributed by atoms with E-state index in [9.17, 15) is 4.39 Å². The molecule has 0 radical (unpaired) electrons. The van der Waals surface area contributed by atoms with Crippen LogP contribution in [0.4, 0.5) is 4.39 Å². The Balaban J connectivity index is 0.00000200. The second-order valence-corrected chi connectivity index (χ2v) is 5.78. The third kappa shape index (κ3) is 5.27. The number of benzene rings is 1. The number of rotatable bonds is 6. The number of nitrogens with zero attached hydrogens (tertiary/aromatic N) is 1. The van der Waals surface area contributed by atoms with Crippen molar-refractivity contribution >= 4 is 12.4 Å². The lowest BCUT2D eigenvalue weighted by atomic mass is 9.89. The maximum atomic E-state index is 12.7. The molecule has 1 atom stereocenters. The van der Waals surface area contributed by atoms with E-state index in [1.165, 1.54) is 18.6 Å². The summed E-state index contributed by atoms with van der Waals surface area (Å²) >= 11 is 0. The van der Waals surface area contributed by atoms with Crippen molar-refractivity contribution in [3.63, 3.8) is 0 Å². The molecule has 1 unspecified atom stereocenters. The average Bonchev–Trinajstić information content (AvgIpc) is 2.78. The Hall–Kier alpha value is -0.840. The molecule has 0 amide bonds. The maximum absolute atomic E-state index is 12.7. The monoisotopic (exact) mass is 302 g/mol. The van der Waals surface area contributed by atoms with Crippen LogP contribution in [0.25, 0.3) is 0 Å². The molecule has 114 valence electrons. The number of halogens is 2. The second kappa shape index (κ2) is 7.81. The Labute approximate surface area is 126 Å². The molecule has 0 spiro atoms. The van der Waals surface area contributed by atoms with Crippen molar-refractivity contribution in [1.82, 2.24) is 10.2 Å². The van der Waals surface area contributed by atoms with Gasteiger partial charge < -0.3 is 15.0 Å². The molecular formula is C15H24ClFN2O. The van der Waals surface area contributed by atoms with E-state index in [1.807, 2.05) is 0 Å². The van der Waals surface area contributed by atoms with Gasteiger partial charge in [-0.1, -0.05) is 6.92 Å². The van der Waals surface area contributed by atoms with Gasteiger partial charge in [-0.15, -0.1) is 12.4 Å². The Bertz CT molecular complexity index is 393. The van der Waals surface area contributed by atoms with Crippen LogP contribution in [-0.4, -0.2) is 44.7 Å². The van der Waals surface area contributed by atoms with Gasteiger partial charge in [0.25, 0.3) is 0 Å². The first-order valence-corrected chi connectivity index (χ1v) is 6.85. The summed E-state index contributed by atoms with van der Waals surface area (Å²) in [5, 5.41) is 3.41. The zero-order valence-electron chi connectivity index (χ0n) is 12.2. The summed E-state index contributed by atoms with van der Waals surface area (Å²) in [5.74, 6) is 0.495. The SMILES string of the molecule is CN(CCOc1ccc(F)cc1)CC1(C)CCNC1.Cl. The summed E-state index contributed by atoms with van der Waals surface area (Å²) in [5.41, 5.74) is 0.380. The minimum absolute atomic E-state index is 0. The summed E-state index contributed by atoms with van der Waals surface area (Å²) < 4.78 is 18.3. The minimum atomic E-state index is -0.230. The van der Waals surface area contributed by atoms with Crippen LogP contribution in [0.2, 0.25) is 0 Å². The lowest BCUT2D eigenvalue weighted by molar-refractivity contribution is 0.177. The highest BCUT2D eigenvalue weighted by molar-refractivity contribution is 5.85. The number of nitrogens with one attached hydrogen (secondary N) is 1. The van der Waals surface area contributed by atoms with Crippen molar-refractivity contribution in [2.24, 2.45) is 5.41 Å². The molecule has 1 aromatic carbocycles. The van der Waals surface area contributed by atoms with Crippen LogP contribution in [-0.2, 0) is 0 Å². The molecule has 1 aromatic rings. The normalized spacial score (nSPS) is 21.8. The maximum Gasteiger partial charge on any atom is 0.123 e. The number of hydrogen-bond acceptors (Lipinski definition) is 3. The lowest BCUT2D eigenvalue weighted by Crippen LogP contribution is -2.37. The van der Waals surface area contributed by atoms with Crippen LogP contribution in [0.3, 0.4) is 0 Å². The van der Waals surface area contributed by atoms with E-state index in [4.69, 9.17) is 4.74 Å². The van der Waals surface area contributed by atoms with Gasteiger partial charge >= 0.3 is 0 Å². The third-order valence-electron chi connectivity index (χ3n) is 3.66. The first kappa shape index (κ1) is 17.2. The van der Waals surface area contributed by atoms with Crippen molar-refractivity contribution in [2.45, 2.75) is 13.3 Å². The fourth-order valence-corrected chi connectivity index (χ4v) is 2.58. The van der Waals surface area contributed by atoms with E-state index < -0.39 is 0 Å². The zero-order chi connectivity index (χ0) is 13.7. The summed E-state index contributed by atoms with van der Waals surface area (Å²) in [4.78, 5) is 2.30. The number of hydrogen-bond donors (Lipinski definition) is 1. The average molecular weight is 303 g/mol. The van der Waals surface area contributed by atoms with Crippen LogP contribution in [0.1, 0.15) is 13.3 Å². The molecule has 5 heteroatoms. The van der Waals surface area contributed by atoms with Gasteiger partial charge in [0.2, 0.25) is 0 Å². The Morgan fingerprint density at radius 3 is 2.65 bits per heavy atom. The molecule has 2 rings (SSSR count). The highest BCUT2D eigenvalue weighted by Gasteiger charge is 2.29. The zero-order valence-corrected chi connectivity index (χ0v) is 13.0. The van der Waals surface area contributed by atoms with E-state index in [2.05, 4.69) is 24.2 Å². The quantitative estimate of drug-likeness (QED) is 0.874. The van der Waals surface area contributed by atoms with Gasteiger partial charge in [0.15, 0.2) is 0 Å². The predicted molar refractivity (Wildman–Crippen MR) is 82.2 cm³/mol. The number of likely N-dealkylation sites (N-methyl/N-ethyl adjacent to an activating group) is 1. The molecule has 1 N–H and O–H groups in total. The summed E-state index contributed by atoms with van der Waals surface area (Å²) in [7, 11) is 2.12. The summed E-state index contributed by atoms with van der Waals surface area (Å²) in [6.45, 7) is 7.13. The Morgan fingerprint density at radius 2 is 2.05 bits per heavy atom. The van der Waals surface area contributed by atoms with Gasteiger partial charge in [-0.2, -0.15) is 0 Å². The van der Waals surface area contributed by atoms with Gasteiger partial charge in [0, 0.05) is 19.6 Å². The Kier molecular flexibility index (Phi) is 6.72. The Morgan fingerprint density at radius 1 is 1.35 bits per heavy atom. The predicted octanol–water partition coefficient (Wildman–Crippen LogP) is 2.56. The van der Waals surface area contributed by atoms with Gasteiger partial charge in [-0.25, -0.2) is 4.39 Å². The van der Waals surface area contributed by atoms with Crippen molar-refractivity contribution in [3.05, 3.63) is 30.1 Å². The van der Waals surface area contributed by atoms with Crippen LogP contribution in [0.5, 0.6) is 5.75 Å².